The molecule has 28 heavy (non-hydrogen) atoms. The van der Waals surface area contributed by atoms with Crippen LogP contribution in [0.1, 0.15) is 64.4 Å². The predicted molar refractivity (Wildman–Crippen MR) is 109 cm³/mol. The highest BCUT2D eigenvalue weighted by atomic mass is 16.2. The van der Waals surface area contributed by atoms with E-state index in [0.29, 0.717) is 12.2 Å². The van der Waals surface area contributed by atoms with E-state index >= 15 is 0 Å². The lowest BCUT2D eigenvalue weighted by molar-refractivity contribution is 0.0922. The summed E-state index contributed by atoms with van der Waals surface area (Å²) >= 11 is 0. The summed E-state index contributed by atoms with van der Waals surface area (Å²) in [6.45, 7) is 8.82. The first kappa shape index (κ1) is 18.5. The molecule has 0 bridgehead atoms. The average Bonchev–Trinajstić information content (AvgIpc) is 3.28. The first-order valence-electron chi connectivity index (χ1n) is 9.97. The van der Waals surface area contributed by atoms with Crippen molar-refractivity contribution in [1.82, 2.24) is 24.9 Å². The van der Waals surface area contributed by atoms with Crippen molar-refractivity contribution < 1.29 is 4.79 Å². The number of hydrogen-bond acceptors (Lipinski definition) is 3. The fourth-order valence-corrected chi connectivity index (χ4v) is 3.99. The summed E-state index contributed by atoms with van der Waals surface area (Å²) in [5.74, 6) is -0.0702. The number of amides is 1. The number of nitrogens with zero attached hydrogens (tertiary/aromatic N) is 4. The molecule has 0 fully saturated rings. The maximum Gasteiger partial charge on any atom is 0.270 e. The minimum Gasteiger partial charge on any atom is -0.344 e. The molecule has 1 aliphatic rings. The van der Waals surface area contributed by atoms with Gasteiger partial charge in [-0.1, -0.05) is 6.07 Å². The maximum atomic E-state index is 12.9. The van der Waals surface area contributed by atoms with E-state index in [2.05, 4.69) is 47.6 Å². The lowest BCUT2D eigenvalue weighted by Crippen LogP contribution is -2.32. The Morgan fingerprint density at radius 1 is 1.21 bits per heavy atom. The first-order valence-corrected chi connectivity index (χ1v) is 9.97. The normalized spacial score (nSPS) is 16.1. The van der Waals surface area contributed by atoms with Crippen LogP contribution in [0.5, 0.6) is 0 Å². The third-order valence-corrected chi connectivity index (χ3v) is 5.66. The molecule has 2 aromatic heterocycles. The van der Waals surface area contributed by atoms with Crippen molar-refractivity contribution in [3.8, 4) is 5.69 Å². The van der Waals surface area contributed by atoms with Crippen molar-refractivity contribution in [2.45, 2.75) is 59.5 Å². The molecule has 1 amide bonds. The SMILES string of the molecule is CCn1nc(C)cc1C(=O)N[C@@H]1CCCc2c1cnn2-c1ccc(C)c(C)c1. The number of carbonyl (C=O) groups is 1. The Balaban J connectivity index is 1.62. The number of hydrogen-bond donors (Lipinski definition) is 1. The number of carbonyl (C=O) groups excluding carboxylic acids is 1. The quantitative estimate of drug-likeness (QED) is 0.752. The monoisotopic (exact) mass is 377 g/mol. The van der Waals surface area contributed by atoms with Crippen molar-refractivity contribution in [1.29, 1.82) is 0 Å². The lowest BCUT2D eigenvalue weighted by atomic mass is 9.92. The van der Waals surface area contributed by atoms with Crippen molar-refractivity contribution in [3.05, 3.63) is 64.2 Å². The molecule has 0 spiro atoms. The van der Waals surface area contributed by atoms with Gasteiger partial charge in [-0.15, -0.1) is 0 Å². The predicted octanol–water partition coefficient (Wildman–Crippen LogP) is 3.82. The van der Waals surface area contributed by atoms with Crippen LogP contribution in [0.3, 0.4) is 0 Å². The van der Waals surface area contributed by atoms with E-state index in [1.165, 1.54) is 16.8 Å². The molecule has 0 radical (unpaired) electrons. The van der Waals surface area contributed by atoms with Crippen molar-refractivity contribution >= 4 is 5.91 Å². The zero-order valence-corrected chi connectivity index (χ0v) is 17.0. The second kappa shape index (κ2) is 7.26. The summed E-state index contributed by atoms with van der Waals surface area (Å²) in [5.41, 5.74) is 7.41. The number of nitrogens with one attached hydrogen (secondary N) is 1. The number of fused-ring (bicyclic) bond motifs is 1. The highest BCUT2D eigenvalue weighted by Gasteiger charge is 2.27. The topological polar surface area (TPSA) is 64.7 Å². The molecule has 1 aliphatic carbocycles. The Morgan fingerprint density at radius 3 is 2.79 bits per heavy atom. The molecule has 1 atom stereocenters. The molecule has 0 saturated carbocycles. The zero-order chi connectivity index (χ0) is 19.8. The minimum absolute atomic E-state index is 0.0166. The summed E-state index contributed by atoms with van der Waals surface area (Å²) in [6.07, 6.45) is 4.84. The van der Waals surface area contributed by atoms with Gasteiger partial charge in [-0.2, -0.15) is 10.2 Å². The Labute approximate surface area is 165 Å². The third kappa shape index (κ3) is 3.23. The molecule has 6 nitrogen and oxygen atoms in total. The standard InChI is InChI=1S/C22H27N5O/c1-5-26-21(12-16(4)25-26)22(28)24-19-7-6-8-20-18(19)13-23-27(20)17-10-9-14(2)15(3)11-17/h9-13,19H,5-8H2,1-4H3,(H,24,28)/t19-/m1/s1. The maximum absolute atomic E-state index is 12.9. The molecule has 4 rings (SSSR count). The molecule has 0 aliphatic heterocycles. The van der Waals surface area contributed by atoms with Gasteiger partial charge in [0, 0.05) is 17.8 Å². The van der Waals surface area contributed by atoms with Gasteiger partial charge in [-0.05, 0) is 76.3 Å². The van der Waals surface area contributed by atoms with Gasteiger partial charge in [-0.25, -0.2) is 4.68 Å². The van der Waals surface area contributed by atoms with E-state index in [1.807, 2.05) is 30.8 Å². The summed E-state index contributed by atoms with van der Waals surface area (Å²) in [5, 5.41) is 12.3. The van der Waals surface area contributed by atoms with Gasteiger partial charge in [0.1, 0.15) is 5.69 Å². The lowest BCUT2D eigenvalue weighted by Gasteiger charge is -2.24. The van der Waals surface area contributed by atoms with E-state index in [1.54, 1.807) is 4.68 Å². The molecule has 6 heteroatoms. The van der Waals surface area contributed by atoms with E-state index in [-0.39, 0.29) is 11.9 Å². The summed E-state index contributed by atoms with van der Waals surface area (Å²) in [7, 11) is 0. The van der Waals surface area contributed by atoms with Gasteiger partial charge >= 0.3 is 0 Å². The molecule has 0 saturated heterocycles. The molecule has 1 N–H and O–H groups in total. The van der Waals surface area contributed by atoms with Crippen molar-refractivity contribution in [3.63, 3.8) is 0 Å². The molecule has 3 aromatic rings. The van der Waals surface area contributed by atoms with Gasteiger partial charge in [0.05, 0.1) is 23.6 Å². The van der Waals surface area contributed by atoms with Gasteiger partial charge in [-0.3, -0.25) is 9.48 Å². The molecule has 146 valence electrons. The fourth-order valence-electron chi connectivity index (χ4n) is 3.99. The zero-order valence-electron chi connectivity index (χ0n) is 17.0. The summed E-state index contributed by atoms with van der Waals surface area (Å²) < 4.78 is 3.79. The molecular formula is C22H27N5O. The third-order valence-electron chi connectivity index (χ3n) is 5.66. The molecule has 0 unspecified atom stereocenters. The number of aromatic nitrogens is 4. The summed E-state index contributed by atoms with van der Waals surface area (Å²) in [4.78, 5) is 12.9. The smallest absolute Gasteiger partial charge is 0.270 e. The Kier molecular flexibility index (Phi) is 4.79. The molecule has 1 aromatic carbocycles. The molecular weight excluding hydrogens is 350 g/mol. The second-order valence-electron chi connectivity index (χ2n) is 7.63. The van der Waals surface area contributed by atoms with Crippen LogP contribution < -0.4 is 5.32 Å². The number of benzene rings is 1. The van der Waals surface area contributed by atoms with E-state index in [4.69, 9.17) is 0 Å². The first-order chi connectivity index (χ1) is 13.5. The van der Waals surface area contributed by atoms with E-state index < -0.39 is 0 Å². The Hall–Kier alpha value is -2.89. The van der Waals surface area contributed by atoms with Crippen LogP contribution in [0.4, 0.5) is 0 Å². The van der Waals surface area contributed by atoms with Crippen LogP contribution in [0, 0.1) is 20.8 Å². The highest BCUT2D eigenvalue weighted by molar-refractivity contribution is 5.93. The van der Waals surface area contributed by atoms with Crippen LogP contribution >= 0.6 is 0 Å². The van der Waals surface area contributed by atoms with Crippen LogP contribution in [0.25, 0.3) is 5.69 Å². The van der Waals surface area contributed by atoms with Crippen LogP contribution in [-0.2, 0) is 13.0 Å². The average molecular weight is 377 g/mol. The van der Waals surface area contributed by atoms with Gasteiger partial charge in [0.25, 0.3) is 5.91 Å². The highest BCUT2D eigenvalue weighted by Crippen LogP contribution is 2.31. The van der Waals surface area contributed by atoms with Crippen molar-refractivity contribution in [2.75, 3.05) is 0 Å². The number of rotatable bonds is 4. The second-order valence-corrected chi connectivity index (χ2v) is 7.63. The summed E-state index contributed by atoms with van der Waals surface area (Å²) in [6, 6.07) is 8.25. The number of aryl methyl sites for hydroxylation is 4. The van der Waals surface area contributed by atoms with Gasteiger partial charge in [0.15, 0.2) is 0 Å². The van der Waals surface area contributed by atoms with Gasteiger partial charge in [0.2, 0.25) is 0 Å². The Morgan fingerprint density at radius 2 is 2.04 bits per heavy atom. The largest absolute Gasteiger partial charge is 0.344 e. The molecule has 2 heterocycles. The van der Waals surface area contributed by atoms with Gasteiger partial charge < -0.3 is 5.32 Å². The Bertz CT molecular complexity index is 1030. The van der Waals surface area contributed by atoms with E-state index in [0.717, 1.165) is 36.2 Å². The minimum atomic E-state index is -0.0702. The fraction of sp³-hybridized carbons (Fsp3) is 0.409. The van der Waals surface area contributed by atoms with Crippen LogP contribution in [-0.4, -0.2) is 25.5 Å². The van der Waals surface area contributed by atoms with Crippen LogP contribution in [0.15, 0.2) is 30.5 Å². The van der Waals surface area contributed by atoms with E-state index in [9.17, 15) is 4.79 Å². The van der Waals surface area contributed by atoms with Crippen molar-refractivity contribution in [2.24, 2.45) is 0 Å². The van der Waals surface area contributed by atoms with Crippen LogP contribution in [0.2, 0.25) is 0 Å².